The van der Waals surface area contributed by atoms with Gasteiger partial charge in [-0.2, -0.15) is 5.26 Å². The van der Waals surface area contributed by atoms with E-state index in [4.69, 9.17) is 14.2 Å². The molecule has 7 heteroatoms. The molecule has 0 spiro atoms. The van der Waals surface area contributed by atoms with Crippen LogP contribution in [0.4, 0.5) is 5.69 Å². The highest BCUT2D eigenvalue weighted by molar-refractivity contribution is 5.95. The van der Waals surface area contributed by atoms with E-state index >= 15 is 0 Å². The summed E-state index contributed by atoms with van der Waals surface area (Å²) in [4.78, 5) is 17.5. The number of hydrogen-bond acceptors (Lipinski definition) is 7. The summed E-state index contributed by atoms with van der Waals surface area (Å²) in [6, 6.07) is 7.30. The number of esters is 1. The first-order chi connectivity index (χ1) is 14.5. The number of anilines is 1. The molecular formula is C23H25N3O4. The molecule has 1 aromatic heterocycles. The predicted octanol–water partition coefficient (Wildman–Crippen LogP) is 4.06. The zero-order valence-corrected chi connectivity index (χ0v) is 17.8. The average molecular weight is 407 g/mol. The molecule has 0 aliphatic carbocycles. The zero-order valence-electron chi connectivity index (χ0n) is 17.8. The van der Waals surface area contributed by atoms with Gasteiger partial charge in [-0.25, -0.2) is 9.78 Å². The molecule has 1 aromatic carbocycles. The van der Waals surface area contributed by atoms with Crippen LogP contribution in [0.25, 0.3) is 0 Å². The summed E-state index contributed by atoms with van der Waals surface area (Å²) in [6.45, 7) is 8.13. The second kappa shape index (κ2) is 8.87. The van der Waals surface area contributed by atoms with E-state index in [1.807, 2.05) is 26.8 Å². The Bertz CT molecular complexity index is 1050. The lowest BCUT2D eigenvalue weighted by atomic mass is 9.79. The van der Waals surface area contributed by atoms with Crippen molar-refractivity contribution in [2.75, 3.05) is 25.6 Å². The Labute approximate surface area is 176 Å². The number of carbonyl (C=O) groups is 1. The van der Waals surface area contributed by atoms with Gasteiger partial charge in [0.05, 0.1) is 54.7 Å². The van der Waals surface area contributed by atoms with Crippen LogP contribution in [0.1, 0.15) is 48.9 Å². The lowest BCUT2D eigenvalue weighted by Crippen LogP contribution is -2.26. The highest BCUT2D eigenvalue weighted by Crippen LogP contribution is 2.49. The van der Waals surface area contributed by atoms with E-state index in [1.165, 1.54) is 0 Å². The van der Waals surface area contributed by atoms with Crippen molar-refractivity contribution in [2.45, 2.75) is 33.6 Å². The van der Waals surface area contributed by atoms with Gasteiger partial charge >= 0.3 is 5.97 Å². The normalized spacial score (nSPS) is 15.0. The maximum atomic E-state index is 13.0. The van der Waals surface area contributed by atoms with Crippen LogP contribution in [-0.4, -0.2) is 31.3 Å². The molecule has 7 nitrogen and oxygen atoms in total. The topological polar surface area (TPSA) is 93.5 Å². The van der Waals surface area contributed by atoms with Crippen LogP contribution in [0.15, 0.2) is 35.7 Å². The maximum Gasteiger partial charge on any atom is 0.336 e. The smallest absolute Gasteiger partial charge is 0.336 e. The van der Waals surface area contributed by atoms with Gasteiger partial charge in [0.1, 0.15) is 5.75 Å². The fraction of sp³-hybridized carbons (Fsp3) is 0.348. The molecule has 3 rings (SSSR count). The molecule has 2 aromatic rings. The number of nitrogens with one attached hydrogen (secondary N) is 1. The average Bonchev–Trinajstić information content (AvgIpc) is 2.74. The molecule has 1 atom stereocenters. The number of methoxy groups -OCH3 is 1. The van der Waals surface area contributed by atoms with Gasteiger partial charge in [-0.3, -0.25) is 0 Å². The van der Waals surface area contributed by atoms with Crippen molar-refractivity contribution < 1.29 is 19.0 Å². The summed E-state index contributed by atoms with van der Waals surface area (Å²) in [5, 5.41) is 12.6. The van der Waals surface area contributed by atoms with Crippen LogP contribution in [-0.2, 0) is 9.53 Å². The molecule has 0 amide bonds. The fourth-order valence-corrected chi connectivity index (χ4v) is 3.72. The van der Waals surface area contributed by atoms with E-state index in [0.29, 0.717) is 35.1 Å². The zero-order chi connectivity index (χ0) is 21.8. The second-order valence-electron chi connectivity index (χ2n) is 6.85. The predicted molar refractivity (Wildman–Crippen MR) is 113 cm³/mol. The van der Waals surface area contributed by atoms with Crippen molar-refractivity contribution in [3.05, 3.63) is 57.9 Å². The maximum absolute atomic E-state index is 13.0. The second-order valence-corrected chi connectivity index (χ2v) is 6.85. The summed E-state index contributed by atoms with van der Waals surface area (Å²) < 4.78 is 16.8. The van der Waals surface area contributed by atoms with E-state index < -0.39 is 11.9 Å². The van der Waals surface area contributed by atoms with Gasteiger partial charge in [-0.15, -0.1) is 0 Å². The van der Waals surface area contributed by atoms with Gasteiger partial charge < -0.3 is 19.5 Å². The molecule has 1 aliphatic heterocycles. The van der Waals surface area contributed by atoms with Crippen LogP contribution in [0.5, 0.6) is 11.6 Å². The summed E-state index contributed by atoms with van der Waals surface area (Å²) in [6.07, 6.45) is 1.74. The minimum atomic E-state index is -0.531. The Hall–Kier alpha value is -3.53. The summed E-state index contributed by atoms with van der Waals surface area (Å²) in [5.41, 5.74) is 4.86. The van der Waals surface area contributed by atoms with Crippen LogP contribution >= 0.6 is 0 Å². The Morgan fingerprint density at radius 1 is 1.27 bits per heavy atom. The van der Waals surface area contributed by atoms with E-state index in [2.05, 4.69) is 16.4 Å². The van der Waals surface area contributed by atoms with Crippen LogP contribution in [0.2, 0.25) is 0 Å². The summed E-state index contributed by atoms with van der Waals surface area (Å²) in [7, 11) is 1.54. The SMILES string of the molecule is CCOC(=O)C1=C(C)Nc2c(C)cnc(OCC)c2[C@@H]1c1ccc(C#N)cc1OC. The van der Waals surface area contributed by atoms with Crippen LogP contribution < -0.4 is 14.8 Å². The number of allylic oxidation sites excluding steroid dienone is 1. The number of rotatable bonds is 6. The molecule has 30 heavy (non-hydrogen) atoms. The molecule has 0 radical (unpaired) electrons. The minimum absolute atomic E-state index is 0.254. The Morgan fingerprint density at radius 2 is 2.03 bits per heavy atom. The first-order valence-electron chi connectivity index (χ1n) is 9.81. The van der Waals surface area contributed by atoms with Crippen molar-refractivity contribution in [3.8, 4) is 17.7 Å². The summed E-state index contributed by atoms with van der Waals surface area (Å²) in [5.74, 6) is -0.00720. The van der Waals surface area contributed by atoms with E-state index in [9.17, 15) is 10.1 Å². The number of benzene rings is 1. The van der Waals surface area contributed by atoms with Gasteiger partial charge in [0.2, 0.25) is 5.88 Å². The summed E-state index contributed by atoms with van der Waals surface area (Å²) >= 11 is 0. The first kappa shape index (κ1) is 21.2. The van der Waals surface area contributed by atoms with Gasteiger partial charge in [-0.1, -0.05) is 6.07 Å². The van der Waals surface area contributed by atoms with Crippen molar-refractivity contribution in [3.63, 3.8) is 0 Å². The number of fused-ring (bicyclic) bond motifs is 1. The molecule has 0 saturated heterocycles. The fourth-order valence-electron chi connectivity index (χ4n) is 3.72. The number of aromatic nitrogens is 1. The lowest BCUT2D eigenvalue weighted by Gasteiger charge is -2.32. The van der Waals surface area contributed by atoms with E-state index in [-0.39, 0.29) is 6.61 Å². The van der Waals surface area contributed by atoms with Gasteiger partial charge in [0.15, 0.2) is 0 Å². The van der Waals surface area contributed by atoms with Gasteiger partial charge in [0.25, 0.3) is 0 Å². The minimum Gasteiger partial charge on any atom is -0.496 e. The van der Waals surface area contributed by atoms with Crippen molar-refractivity contribution >= 4 is 11.7 Å². The Balaban J connectivity index is 2.35. The van der Waals surface area contributed by atoms with Crippen molar-refractivity contribution in [1.82, 2.24) is 4.98 Å². The number of hydrogen-bond donors (Lipinski definition) is 1. The molecule has 1 N–H and O–H groups in total. The third-order valence-electron chi connectivity index (χ3n) is 5.01. The number of carbonyl (C=O) groups excluding carboxylic acids is 1. The molecule has 1 aliphatic rings. The van der Waals surface area contributed by atoms with E-state index in [0.717, 1.165) is 22.4 Å². The largest absolute Gasteiger partial charge is 0.496 e. The number of pyridine rings is 1. The monoisotopic (exact) mass is 407 g/mol. The quantitative estimate of drug-likeness (QED) is 0.722. The lowest BCUT2D eigenvalue weighted by molar-refractivity contribution is -0.138. The Kier molecular flexibility index (Phi) is 6.26. The number of aryl methyl sites for hydroxylation is 1. The third-order valence-corrected chi connectivity index (χ3v) is 5.01. The van der Waals surface area contributed by atoms with Gasteiger partial charge in [0, 0.05) is 17.5 Å². The number of nitrogens with zero attached hydrogens (tertiary/aromatic N) is 2. The van der Waals surface area contributed by atoms with Crippen LogP contribution in [0, 0.1) is 18.3 Å². The molecule has 0 unspecified atom stereocenters. The van der Waals surface area contributed by atoms with Gasteiger partial charge in [-0.05, 0) is 45.4 Å². The number of nitriles is 1. The molecule has 2 heterocycles. The third kappa shape index (κ3) is 3.69. The van der Waals surface area contributed by atoms with Crippen molar-refractivity contribution in [1.29, 1.82) is 5.26 Å². The van der Waals surface area contributed by atoms with Crippen molar-refractivity contribution in [2.24, 2.45) is 0 Å². The highest BCUT2D eigenvalue weighted by Gasteiger charge is 2.38. The first-order valence-corrected chi connectivity index (χ1v) is 9.81. The molecule has 0 bridgehead atoms. The van der Waals surface area contributed by atoms with Crippen LogP contribution in [0.3, 0.4) is 0 Å². The van der Waals surface area contributed by atoms with E-state index in [1.54, 1.807) is 32.4 Å². The Morgan fingerprint density at radius 3 is 2.67 bits per heavy atom. The molecule has 0 fully saturated rings. The highest BCUT2D eigenvalue weighted by atomic mass is 16.5. The standard InChI is InChI=1S/C23H25N3O4/c1-6-29-22-20-19(16-9-8-15(11-24)10-17(16)28-5)18(23(27)30-7-2)14(4)26-21(20)13(3)12-25-22/h8-10,12,19,26H,6-7H2,1-5H3/t19-/m1/s1. The number of ether oxygens (including phenoxy) is 3. The molecular weight excluding hydrogens is 382 g/mol. The molecule has 0 saturated carbocycles. The molecule has 156 valence electrons.